The van der Waals surface area contributed by atoms with Gasteiger partial charge in [0.15, 0.2) is 5.82 Å². The molecular formula is C15H24N4O3S. The molecular weight excluding hydrogens is 316 g/mol. The number of ether oxygens (including phenoxy) is 1. The molecule has 0 bridgehead atoms. The second-order valence-electron chi connectivity index (χ2n) is 6.30. The Morgan fingerprint density at radius 2 is 2.00 bits per heavy atom. The Hall–Kier alpha value is -1.09. The predicted octanol–water partition coefficient (Wildman–Crippen LogP) is 0.582. The van der Waals surface area contributed by atoms with Crippen molar-refractivity contribution in [2.75, 3.05) is 39.0 Å². The van der Waals surface area contributed by atoms with Crippen LogP contribution in [-0.2, 0) is 14.8 Å². The maximum absolute atomic E-state index is 11.6. The zero-order valence-corrected chi connectivity index (χ0v) is 14.5. The molecule has 2 saturated heterocycles. The van der Waals surface area contributed by atoms with Crippen LogP contribution in [0.5, 0.6) is 0 Å². The summed E-state index contributed by atoms with van der Waals surface area (Å²) in [4.78, 5) is 11.2. The third kappa shape index (κ3) is 4.06. The van der Waals surface area contributed by atoms with Crippen LogP contribution in [0.3, 0.4) is 0 Å². The molecule has 0 aliphatic carbocycles. The topological polar surface area (TPSA) is 75.6 Å². The second kappa shape index (κ2) is 6.80. The van der Waals surface area contributed by atoms with E-state index in [1.807, 2.05) is 13.0 Å². The number of nitrogens with zero attached hydrogens (tertiary/aromatic N) is 4. The highest BCUT2D eigenvalue weighted by molar-refractivity contribution is 7.88. The summed E-state index contributed by atoms with van der Waals surface area (Å²) < 4.78 is 30.6. The van der Waals surface area contributed by atoms with Gasteiger partial charge < -0.3 is 4.74 Å². The number of hydrogen-bond acceptors (Lipinski definition) is 6. The molecule has 7 nitrogen and oxygen atoms in total. The molecule has 1 atom stereocenters. The Balaban J connectivity index is 1.61. The smallest absolute Gasteiger partial charge is 0.211 e. The average molecular weight is 340 g/mol. The van der Waals surface area contributed by atoms with E-state index in [-0.39, 0.29) is 6.10 Å². The van der Waals surface area contributed by atoms with Gasteiger partial charge in [-0.25, -0.2) is 22.7 Å². The van der Waals surface area contributed by atoms with Crippen molar-refractivity contribution in [1.82, 2.24) is 19.2 Å². The fourth-order valence-corrected chi connectivity index (χ4v) is 4.19. The Morgan fingerprint density at radius 3 is 2.65 bits per heavy atom. The number of sulfonamides is 1. The molecule has 128 valence electrons. The highest BCUT2D eigenvalue weighted by Gasteiger charge is 2.32. The molecule has 0 spiro atoms. The molecule has 2 fully saturated rings. The molecule has 2 aliphatic rings. The van der Waals surface area contributed by atoms with Gasteiger partial charge in [-0.05, 0) is 25.8 Å². The summed E-state index contributed by atoms with van der Waals surface area (Å²) in [7, 11) is -3.07. The first-order chi connectivity index (χ1) is 10.9. The van der Waals surface area contributed by atoms with Crippen LogP contribution in [0.15, 0.2) is 12.3 Å². The van der Waals surface area contributed by atoms with Crippen LogP contribution in [0, 0.1) is 6.92 Å². The first-order valence-corrected chi connectivity index (χ1v) is 9.88. The Labute approximate surface area is 137 Å². The van der Waals surface area contributed by atoms with E-state index in [0.717, 1.165) is 37.4 Å². The van der Waals surface area contributed by atoms with Gasteiger partial charge in [-0.1, -0.05) is 0 Å². The normalized spacial score (nSPS) is 25.6. The molecule has 0 radical (unpaired) electrons. The summed E-state index contributed by atoms with van der Waals surface area (Å²) in [6, 6.07) is 2.29. The SMILES string of the molecule is Cc1ccnc([C@H]2CN(C3CCN(S(C)(=O)=O)CC3)CCO2)n1. The lowest BCUT2D eigenvalue weighted by Gasteiger charge is -2.41. The van der Waals surface area contributed by atoms with E-state index in [9.17, 15) is 8.42 Å². The number of rotatable bonds is 3. The van der Waals surface area contributed by atoms with E-state index in [1.165, 1.54) is 6.26 Å². The van der Waals surface area contributed by atoms with Gasteiger partial charge in [0.05, 0.1) is 12.9 Å². The lowest BCUT2D eigenvalue weighted by molar-refractivity contribution is -0.0547. The van der Waals surface area contributed by atoms with Crippen molar-refractivity contribution in [1.29, 1.82) is 0 Å². The zero-order chi connectivity index (χ0) is 16.4. The van der Waals surface area contributed by atoms with Crippen molar-refractivity contribution in [3.05, 3.63) is 23.8 Å². The first-order valence-electron chi connectivity index (χ1n) is 8.04. The summed E-state index contributed by atoms with van der Waals surface area (Å²) in [5.74, 6) is 0.739. The van der Waals surface area contributed by atoms with Gasteiger partial charge in [-0.15, -0.1) is 0 Å². The summed E-state index contributed by atoms with van der Waals surface area (Å²) in [5.41, 5.74) is 0.942. The highest BCUT2D eigenvalue weighted by atomic mass is 32.2. The van der Waals surface area contributed by atoms with E-state index in [4.69, 9.17) is 4.74 Å². The molecule has 0 N–H and O–H groups in total. The Bertz CT molecular complexity index is 644. The van der Waals surface area contributed by atoms with Gasteiger partial charge in [0.2, 0.25) is 10.0 Å². The van der Waals surface area contributed by atoms with Crippen molar-refractivity contribution >= 4 is 10.0 Å². The molecule has 0 unspecified atom stereocenters. The van der Waals surface area contributed by atoms with E-state index < -0.39 is 10.0 Å². The first kappa shape index (κ1) is 16.8. The van der Waals surface area contributed by atoms with Crippen LogP contribution in [-0.4, -0.2) is 72.7 Å². The van der Waals surface area contributed by atoms with Gasteiger partial charge in [-0.3, -0.25) is 4.90 Å². The predicted molar refractivity (Wildman–Crippen MR) is 86.5 cm³/mol. The molecule has 0 aromatic carbocycles. The number of hydrogen-bond donors (Lipinski definition) is 0. The number of aryl methyl sites for hydroxylation is 1. The fourth-order valence-electron chi connectivity index (χ4n) is 3.32. The molecule has 3 heterocycles. The Kier molecular flexibility index (Phi) is 4.96. The van der Waals surface area contributed by atoms with Crippen LogP contribution in [0.25, 0.3) is 0 Å². The minimum absolute atomic E-state index is 0.100. The van der Waals surface area contributed by atoms with Crippen LogP contribution < -0.4 is 0 Å². The second-order valence-corrected chi connectivity index (χ2v) is 8.29. The van der Waals surface area contributed by atoms with Crippen molar-refractivity contribution in [3.63, 3.8) is 0 Å². The van der Waals surface area contributed by atoms with E-state index >= 15 is 0 Å². The van der Waals surface area contributed by atoms with E-state index in [2.05, 4.69) is 14.9 Å². The highest BCUT2D eigenvalue weighted by Crippen LogP contribution is 2.25. The van der Waals surface area contributed by atoms with Gasteiger partial charge in [-0.2, -0.15) is 0 Å². The summed E-state index contributed by atoms with van der Waals surface area (Å²) in [6.45, 7) is 5.47. The zero-order valence-electron chi connectivity index (χ0n) is 13.7. The summed E-state index contributed by atoms with van der Waals surface area (Å²) >= 11 is 0. The van der Waals surface area contributed by atoms with Crippen LogP contribution in [0.2, 0.25) is 0 Å². The van der Waals surface area contributed by atoms with Crippen molar-refractivity contribution < 1.29 is 13.2 Å². The maximum atomic E-state index is 11.6. The fraction of sp³-hybridized carbons (Fsp3) is 0.733. The summed E-state index contributed by atoms with van der Waals surface area (Å²) in [5, 5.41) is 0. The molecule has 23 heavy (non-hydrogen) atoms. The van der Waals surface area contributed by atoms with Crippen LogP contribution >= 0.6 is 0 Å². The number of aromatic nitrogens is 2. The van der Waals surface area contributed by atoms with Crippen molar-refractivity contribution in [2.24, 2.45) is 0 Å². The number of morpholine rings is 1. The Morgan fingerprint density at radius 1 is 1.26 bits per heavy atom. The van der Waals surface area contributed by atoms with Gasteiger partial charge in [0.1, 0.15) is 6.10 Å². The quantitative estimate of drug-likeness (QED) is 0.801. The molecule has 0 amide bonds. The lowest BCUT2D eigenvalue weighted by Crippen LogP contribution is -2.50. The molecule has 0 saturated carbocycles. The monoisotopic (exact) mass is 340 g/mol. The maximum Gasteiger partial charge on any atom is 0.211 e. The standard InChI is InChI=1S/C15H24N4O3S/c1-12-3-6-16-15(17-12)14-11-18(9-10-22-14)13-4-7-19(8-5-13)23(2,20)21/h3,6,13-14H,4-5,7-11H2,1-2H3/t14-/m1/s1. The average Bonchev–Trinajstić information content (AvgIpc) is 2.54. The van der Waals surface area contributed by atoms with Crippen molar-refractivity contribution in [2.45, 2.75) is 31.9 Å². The van der Waals surface area contributed by atoms with E-state index in [0.29, 0.717) is 25.7 Å². The van der Waals surface area contributed by atoms with Gasteiger partial charge in [0, 0.05) is 44.1 Å². The summed E-state index contributed by atoms with van der Waals surface area (Å²) in [6.07, 6.45) is 4.69. The molecule has 8 heteroatoms. The molecule has 1 aromatic heterocycles. The van der Waals surface area contributed by atoms with Crippen molar-refractivity contribution in [3.8, 4) is 0 Å². The van der Waals surface area contributed by atoms with Gasteiger partial charge in [0.25, 0.3) is 0 Å². The van der Waals surface area contributed by atoms with Crippen LogP contribution in [0.1, 0.15) is 30.5 Å². The molecule has 3 rings (SSSR count). The third-order valence-corrected chi connectivity index (χ3v) is 5.91. The third-order valence-electron chi connectivity index (χ3n) is 4.61. The molecule has 2 aliphatic heterocycles. The largest absolute Gasteiger partial charge is 0.368 e. The van der Waals surface area contributed by atoms with Crippen LogP contribution in [0.4, 0.5) is 0 Å². The minimum atomic E-state index is -3.07. The van der Waals surface area contributed by atoms with Gasteiger partial charge >= 0.3 is 0 Å². The number of piperidine rings is 1. The minimum Gasteiger partial charge on any atom is -0.368 e. The molecule has 1 aromatic rings. The lowest BCUT2D eigenvalue weighted by atomic mass is 10.0. The van der Waals surface area contributed by atoms with E-state index in [1.54, 1.807) is 10.5 Å².